The van der Waals surface area contributed by atoms with Crippen LogP contribution in [0.4, 0.5) is 0 Å². The molecule has 3 nitrogen and oxygen atoms in total. The fourth-order valence-electron chi connectivity index (χ4n) is 0.702. The second-order valence-electron chi connectivity index (χ2n) is 2.17. The number of hydrogen-bond donors (Lipinski definition) is 1. The molecule has 1 N–H and O–H groups in total. The SMILES string of the molecule is O=S(=O)(O)c1cc(Cl)c(Cl)cc1Cl.[BaH2]. The van der Waals surface area contributed by atoms with Gasteiger partial charge in [-0.05, 0) is 12.1 Å². The molecule has 0 radical (unpaired) electrons. The van der Waals surface area contributed by atoms with Gasteiger partial charge in [-0.2, -0.15) is 8.42 Å². The van der Waals surface area contributed by atoms with Crippen molar-refractivity contribution in [3.05, 3.63) is 27.2 Å². The van der Waals surface area contributed by atoms with Gasteiger partial charge in [0.2, 0.25) is 0 Å². The van der Waals surface area contributed by atoms with Crippen molar-refractivity contribution in [3.63, 3.8) is 0 Å². The molecule has 0 saturated carbocycles. The van der Waals surface area contributed by atoms with Gasteiger partial charge in [-0.3, -0.25) is 4.55 Å². The predicted molar refractivity (Wildman–Crippen MR) is 59.8 cm³/mol. The topological polar surface area (TPSA) is 54.4 Å². The molecule has 1 aromatic rings. The van der Waals surface area contributed by atoms with E-state index in [0.717, 1.165) is 12.1 Å². The molecule has 0 bridgehead atoms. The van der Waals surface area contributed by atoms with Gasteiger partial charge in [0.1, 0.15) is 4.90 Å². The second kappa shape index (κ2) is 5.77. The summed E-state index contributed by atoms with van der Waals surface area (Å²) in [5.41, 5.74) is 0. The Morgan fingerprint density at radius 1 is 1.00 bits per heavy atom. The Bertz CT molecular complexity index is 446. The molecule has 0 heterocycles. The van der Waals surface area contributed by atoms with Gasteiger partial charge < -0.3 is 0 Å². The average molecular weight is 401 g/mol. The molecule has 0 saturated heterocycles. The molecular weight excluding hydrogens is 396 g/mol. The van der Waals surface area contributed by atoms with Crippen molar-refractivity contribution in [2.24, 2.45) is 0 Å². The molecule has 0 aliphatic heterocycles. The van der Waals surface area contributed by atoms with Crippen molar-refractivity contribution >= 4 is 93.8 Å². The number of benzene rings is 1. The Morgan fingerprint density at radius 3 is 1.86 bits per heavy atom. The van der Waals surface area contributed by atoms with Gasteiger partial charge in [0, 0.05) is 0 Å². The van der Waals surface area contributed by atoms with Crippen LogP contribution in [0, 0.1) is 0 Å². The summed E-state index contributed by atoms with van der Waals surface area (Å²) in [7, 11) is -4.35. The van der Waals surface area contributed by atoms with Crippen molar-refractivity contribution in [2.75, 3.05) is 0 Å². The van der Waals surface area contributed by atoms with Crippen molar-refractivity contribution in [3.8, 4) is 0 Å². The van der Waals surface area contributed by atoms with Gasteiger partial charge in [-0.15, -0.1) is 0 Å². The first-order valence-electron chi connectivity index (χ1n) is 2.94. The molecule has 1 aromatic carbocycles. The molecular formula is C6H5BaCl3O3S. The minimum absolute atomic E-state index is 0. The van der Waals surface area contributed by atoms with E-state index >= 15 is 0 Å². The summed E-state index contributed by atoms with van der Waals surface area (Å²) in [5.74, 6) is 0. The van der Waals surface area contributed by atoms with Crippen LogP contribution in [0.15, 0.2) is 17.0 Å². The maximum absolute atomic E-state index is 10.7. The standard InChI is InChI=1S/C6H3Cl3O3S.Ba.2H/c7-3-1-5(9)6(2-4(3)8)13(10,11)12;;;/h1-2H,(H,10,11,12);;;. The third-order valence-corrected chi connectivity index (χ3v) is 3.29. The fourth-order valence-corrected chi connectivity index (χ4v) is 2.18. The van der Waals surface area contributed by atoms with Crippen LogP contribution < -0.4 is 0 Å². The van der Waals surface area contributed by atoms with E-state index in [0.29, 0.717) is 0 Å². The molecule has 0 spiro atoms. The summed E-state index contributed by atoms with van der Waals surface area (Å²) in [5, 5.41) is -0.0327. The molecule has 76 valence electrons. The van der Waals surface area contributed by atoms with E-state index in [-0.39, 0.29) is 63.9 Å². The van der Waals surface area contributed by atoms with Crippen LogP contribution >= 0.6 is 34.8 Å². The van der Waals surface area contributed by atoms with Gasteiger partial charge in [-0.25, -0.2) is 0 Å². The van der Waals surface area contributed by atoms with Crippen LogP contribution in [0.25, 0.3) is 0 Å². The van der Waals surface area contributed by atoms with E-state index in [1.54, 1.807) is 0 Å². The Morgan fingerprint density at radius 2 is 1.43 bits per heavy atom. The van der Waals surface area contributed by atoms with Gasteiger partial charge in [-0.1, -0.05) is 34.8 Å². The molecule has 1 rings (SSSR count). The Balaban J connectivity index is 0.00000169. The number of halogens is 3. The van der Waals surface area contributed by atoms with E-state index in [4.69, 9.17) is 39.4 Å². The first-order valence-corrected chi connectivity index (χ1v) is 5.52. The molecule has 0 aliphatic carbocycles. The monoisotopic (exact) mass is 400 g/mol. The molecule has 0 aromatic heterocycles. The molecule has 0 amide bonds. The van der Waals surface area contributed by atoms with Crippen LogP contribution in [0.1, 0.15) is 0 Å². The van der Waals surface area contributed by atoms with Crippen molar-refractivity contribution in [1.29, 1.82) is 0 Å². The Labute approximate surface area is 137 Å². The van der Waals surface area contributed by atoms with Gasteiger partial charge in [0.05, 0.1) is 15.1 Å². The van der Waals surface area contributed by atoms with Gasteiger partial charge in [0.15, 0.2) is 0 Å². The quantitative estimate of drug-likeness (QED) is 0.445. The number of hydrogen-bond acceptors (Lipinski definition) is 2. The van der Waals surface area contributed by atoms with Crippen LogP contribution in [-0.2, 0) is 10.1 Å². The van der Waals surface area contributed by atoms with Crippen LogP contribution in [-0.4, -0.2) is 61.9 Å². The summed E-state index contributed by atoms with van der Waals surface area (Å²) in [6, 6.07) is 2.14. The van der Waals surface area contributed by atoms with E-state index in [2.05, 4.69) is 0 Å². The van der Waals surface area contributed by atoms with Gasteiger partial charge in [0.25, 0.3) is 10.1 Å². The second-order valence-corrected chi connectivity index (χ2v) is 4.78. The molecule has 0 aliphatic rings. The molecule has 0 fully saturated rings. The van der Waals surface area contributed by atoms with E-state index in [9.17, 15) is 8.42 Å². The van der Waals surface area contributed by atoms with E-state index in [1.165, 1.54) is 0 Å². The summed E-state index contributed by atoms with van der Waals surface area (Å²) in [6.45, 7) is 0. The first-order chi connectivity index (χ1) is 5.82. The van der Waals surface area contributed by atoms with Crippen molar-refractivity contribution in [1.82, 2.24) is 0 Å². The third kappa shape index (κ3) is 3.86. The van der Waals surface area contributed by atoms with E-state index in [1.807, 2.05) is 0 Å². The first kappa shape index (κ1) is 15.6. The zero-order valence-corrected chi connectivity index (χ0v) is 9.04. The molecule has 14 heavy (non-hydrogen) atoms. The fraction of sp³-hybridized carbons (Fsp3) is 0. The van der Waals surface area contributed by atoms with E-state index < -0.39 is 15.0 Å². The summed E-state index contributed by atoms with van der Waals surface area (Å²) in [6.07, 6.45) is 0. The zero-order chi connectivity index (χ0) is 10.2. The van der Waals surface area contributed by atoms with Crippen molar-refractivity contribution in [2.45, 2.75) is 4.90 Å². The zero-order valence-electron chi connectivity index (χ0n) is 5.96. The molecule has 0 unspecified atom stereocenters. The maximum atomic E-state index is 10.7. The Hall–Kier alpha value is 1.57. The Kier molecular flexibility index (Phi) is 6.41. The summed E-state index contributed by atoms with van der Waals surface area (Å²) < 4.78 is 30.0. The third-order valence-electron chi connectivity index (χ3n) is 1.25. The average Bonchev–Trinajstić information content (AvgIpc) is 1.94. The summed E-state index contributed by atoms with van der Waals surface area (Å²) in [4.78, 5) is -0.455. The minimum atomic E-state index is -4.35. The molecule has 8 heteroatoms. The molecule has 0 atom stereocenters. The number of rotatable bonds is 1. The summed E-state index contributed by atoms with van der Waals surface area (Å²) >= 11 is 16.6. The van der Waals surface area contributed by atoms with Gasteiger partial charge >= 0.3 is 48.9 Å². The normalized spacial score (nSPS) is 10.9. The van der Waals surface area contributed by atoms with Crippen LogP contribution in [0.2, 0.25) is 15.1 Å². The predicted octanol–water partition coefficient (Wildman–Crippen LogP) is 1.98. The van der Waals surface area contributed by atoms with Crippen LogP contribution in [0.3, 0.4) is 0 Å². The van der Waals surface area contributed by atoms with Crippen molar-refractivity contribution < 1.29 is 13.0 Å². The van der Waals surface area contributed by atoms with Crippen LogP contribution in [0.5, 0.6) is 0 Å².